The number of aromatic carboxylic acids is 1. The smallest absolute Gasteiger partial charge is 0.335 e. The van der Waals surface area contributed by atoms with Crippen LogP contribution in [-0.2, 0) is 23.5 Å². The average Bonchev–Trinajstić information content (AvgIpc) is 3.13. The molecule has 0 unspecified atom stereocenters. The van der Waals surface area contributed by atoms with Gasteiger partial charge >= 0.3 is 5.97 Å². The summed E-state index contributed by atoms with van der Waals surface area (Å²) >= 11 is 0. The number of carboxylic acids is 1. The van der Waals surface area contributed by atoms with Crippen LogP contribution >= 0.6 is 0 Å². The lowest BCUT2D eigenvalue weighted by molar-refractivity contribution is 0.0696. The van der Waals surface area contributed by atoms with Gasteiger partial charge in [-0.15, -0.1) is 0 Å². The highest BCUT2D eigenvalue weighted by atomic mass is 32.2. The molecule has 8 nitrogen and oxygen atoms in total. The van der Waals surface area contributed by atoms with E-state index in [0.29, 0.717) is 17.7 Å². The molecular weight excluding hydrogens is 468 g/mol. The Morgan fingerprint density at radius 2 is 1.71 bits per heavy atom. The predicted octanol–water partition coefficient (Wildman–Crippen LogP) is 3.90. The van der Waals surface area contributed by atoms with Crippen LogP contribution < -0.4 is 9.46 Å². The van der Waals surface area contributed by atoms with Crippen LogP contribution in [-0.4, -0.2) is 37.1 Å². The second-order valence-electron chi connectivity index (χ2n) is 8.21. The summed E-state index contributed by atoms with van der Waals surface area (Å²) in [4.78, 5) is 24.2. The third-order valence-electron chi connectivity index (χ3n) is 5.86. The van der Waals surface area contributed by atoms with E-state index >= 15 is 0 Å². The van der Waals surface area contributed by atoms with Gasteiger partial charge in [0.1, 0.15) is 5.75 Å². The van der Waals surface area contributed by atoms with Crippen molar-refractivity contribution in [3.8, 4) is 5.75 Å². The second-order valence-corrected chi connectivity index (χ2v) is 9.86. The molecule has 0 radical (unpaired) electrons. The van der Waals surface area contributed by atoms with E-state index in [1.54, 1.807) is 49.4 Å². The highest BCUT2D eigenvalue weighted by Gasteiger charge is 2.21. The lowest BCUT2D eigenvalue weighted by atomic mass is 10.0. The van der Waals surface area contributed by atoms with Crippen LogP contribution in [0.4, 0.5) is 0 Å². The first-order chi connectivity index (χ1) is 16.6. The van der Waals surface area contributed by atoms with Gasteiger partial charge in [-0.1, -0.05) is 24.3 Å². The molecule has 0 fully saturated rings. The summed E-state index contributed by atoms with van der Waals surface area (Å²) < 4.78 is 34.9. The van der Waals surface area contributed by atoms with Crippen molar-refractivity contribution in [2.75, 3.05) is 7.11 Å². The number of hydrogen-bond acceptors (Lipinski definition) is 5. The maximum Gasteiger partial charge on any atom is 0.335 e. The van der Waals surface area contributed by atoms with Gasteiger partial charge in [0.25, 0.3) is 15.9 Å². The Bertz CT molecular complexity index is 1570. The Labute approximate surface area is 202 Å². The number of benzene rings is 3. The maximum atomic E-state index is 12.8. The number of aryl methyl sites for hydroxylation is 2. The topological polar surface area (TPSA) is 115 Å². The van der Waals surface area contributed by atoms with Crippen molar-refractivity contribution in [3.05, 3.63) is 94.7 Å². The minimum absolute atomic E-state index is 0.0358. The average molecular weight is 493 g/mol. The molecule has 1 heterocycles. The van der Waals surface area contributed by atoms with E-state index in [1.807, 2.05) is 17.8 Å². The standard InChI is InChI=1S/C26H24N2O6S/c1-16-6-4-5-7-24(16)35(32,33)27-25(29)18-9-8-17(23(14-18)34-3)12-20-15-28(2)22-11-10-19(26(30)31)13-21(20)22/h4-11,13-15H,12H2,1-3H3,(H,27,29)(H,30,31). The van der Waals surface area contributed by atoms with Crippen molar-refractivity contribution in [2.45, 2.75) is 18.2 Å². The summed E-state index contributed by atoms with van der Waals surface area (Å²) in [5.74, 6) is -1.36. The summed E-state index contributed by atoms with van der Waals surface area (Å²) in [5, 5.41) is 10.2. The molecule has 0 saturated carbocycles. The largest absolute Gasteiger partial charge is 0.496 e. The number of amides is 1. The summed E-state index contributed by atoms with van der Waals surface area (Å²) in [5.41, 5.74) is 3.40. The molecule has 1 aromatic heterocycles. The number of carbonyl (C=O) groups is 2. The number of rotatable bonds is 7. The van der Waals surface area contributed by atoms with Crippen LogP contribution in [0.2, 0.25) is 0 Å². The van der Waals surface area contributed by atoms with Gasteiger partial charge < -0.3 is 14.4 Å². The lowest BCUT2D eigenvalue weighted by Gasteiger charge is -2.12. The number of aromatic nitrogens is 1. The molecule has 35 heavy (non-hydrogen) atoms. The fraction of sp³-hybridized carbons (Fsp3) is 0.154. The van der Waals surface area contributed by atoms with E-state index in [-0.39, 0.29) is 16.0 Å². The summed E-state index contributed by atoms with van der Waals surface area (Å²) in [6, 6.07) is 16.1. The molecular formula is C26H24N2O6S. The van der Waals surface area contributed by atoms with E-state index < -0.39 is 21.9 Å². The van der Waals surface area contributed by atoms with Crippen molar-refractivity contribution >= 4 is 32.8 Å². The van der Waals surface area contributed by atoms with Gasteiger partial charge in [-0.2, -0.15) is 0 Å². The first kappa shape index (κ1) is 24.0. The van der Waals surface area contributed by atoms with E-state index in [0.717, 1.165) is 22.0 Å². The highest BCUT2D eigenvalue weighted by Crippen LogP contribution is 2.29. The number of nitrogens with zero attached hydrogens (tertiary/aromatic N) is 1. The van der Waals surface area contributed by atoms with Crippen LogP contribution in [0.25, 0.3) is 10.9 Å². The number of ether oxygens (including phenoxy) is 1. The molecule has 0 saturated heterocycles. The Morgan fingerprint density at radius 1 is 1.00 bits per heavy atom. The third-order valence-corrected chi connectivity index (χ3v) is 7.35. The fourth-order valence-electron chi connectivity index (χ4n) is 4.08. The zero-order valence-corrected chi connectivity index (χ0v) is 20.2. The van der Waals surface area contributed by atoms with Gasteiger partial charge in [-0.25, -0.2) is 17.9 Å². The molecule has 2 N–H and O–H groups in total. The van der Waals surface area contributed by atoms with E-state index in [1.165, 1.54) is 25.3 Å². The van der Waals surface area contributed by atoms with E-state index in [4.69, 9.17) is 4.74 Å². The van der Waals surface area contributed by atoms with Crippen molar-refractivity contribution in [2.24, 2.45) is 7.05 Å². The van der Waals surface area contributed by atoms with Crippen LogP contribution in [0.3, 0.4) is 0 Å². The van der Waals surface area contributed by atoms with Crippen molar-refractivity contribution in [1.29, 1.82) is 0 Å². The number of sulfonamides is 1. The summed E-state index contributed by atoms with van der Waals surface area (Å²) in [6.45, 7) is 1.66. The Hall–Kier alpha value is -4.11. The molecule has 0 aliphatic heterocycles. The molecule has 0 aliphatic rings. The van der Waals surface area contributed by atoms with Gasteiger partial charge in [0.05, 0.1) is 17.6 Å². The maximum absolute atomic E-state index is 12.8. The van der Waals surface area contributed by atoms with Crippen molar-refractivity contribution < 1.29 is 27.9 Å². The minimum atomic E-state index is -4.04. The van der Waals surface area contributed by atoms with Gasteiger partial charge in [-0.3, -0.25) is 4.79 Å². The zero-order valence-electron chi connectivity index (χ0n) is 19.4. The molecule has 3 aromatic carbocycles. The number of fused-ring (bicyclic) bond motifs is 1. The molecule has 0 aliphatic carbocycles. The number of methoxy groups -OCH3 is 1. The summed E-state index contributed by atoms with van der Waals surface area (Å²) in [6.07, 6.45) is 2.35. The quantitative estimate of drug-likeness (QED) is 0.404. The van der Waals surface area contributed by atoms with Gasteiger partial charge in [0.15, 0.2) is 0 Å². The lowest BCUT2D eigenvalue weighted by Crippen LogP contribution is -2.31. The number of carbonyl (C=O) groups excluding carboxylic acids is 1. The Morgan fingerprint density at radius 3 is 2.40 bits per heavy atom. The van der Waals surface area contributed by atoms with E-state index in [9.17, 15) is 23.1 Å². The fourth-order valence-corrected chi connectivity index (χ4v) is 5.30. The van der Waals surface area contributed by atoms with E-state index in [2.05, 4.69) is 4.72 Å². The van der Waals surface area contributed by atoms with Gasteiger partial charge in [0.2, 0.25) is 0 Å². The Balaban J connectivity index is 1.63. The molecule has 9 heteroatoms. The van der Waals surface area contributed by atoms with Crippen LogP contribution in [0, 0.1) is 6.92 Å². The molecule has 0 atom stereocenters. The number of carboxylic acid groups (broad SMARTS) is 1. The molecule has 0 spiro atoms. The highest BCUT2D eigenvalue weighted by molar-refractivity contribution is 7.90. The number of nitrogens with one attached hydrogen (secondary N) is 1. The van der Waals surface area contributed by atoms with Crippen LogP contribution in [0.1, 0.15) is 37.4 Å². The van der Waals surface area contributed by atoms with Gasteiger partial charge in [0, 0.05) is 36.1 Å². The van der Waals surface area contributed by atoms with Crippen LogP contribution in [0.5, 0.6) is 5.75 Å². The monoisotopic (exact) mass is 492 g/mol. The van der Waals surface area contributed by atoms with Gasteiger partial charge in [-0.05, 0) is 60.0 Å². The first-order valence-corrected chi connectivity index (χ1v) is 12.2. The minimum Gasteiger partial charge on any atom is -0.496 e. The molecule has 180 valence electrons. The van der Waals surface area contributed by atoms with Crippen molar-refractivity contribution in [3.63, 3.8) is 0 Å². The van der Waals surface area contributed by atoms with Crippen LogP contribution in [0.15, 0.2) is 71.8 Å². The third kappa shape index (κ3) is 4.76. The predicted molar refractivity (Wildman–Crippen MR) is 132 cm³/mol. The normalized spacial score (nSPS) is 11.4. The molecule has 1 amide bonds. The number of hydrogen-bond donors (Lipinski definition) is 2. The zero-order chi connectivity index (χ0) is 25.3. The summed E-state index contributed by atoms with van der Waals surface area (Å²) in [7, 11) is -0.691. The first-order valence-electron chi connectivity index (χ1n) is 10.7. The second kappa shape index (κ2) is 9.27. The van der Waals surface area contributed by atoms with Crippen molar-refractivity contribution in [1.82, 2.24) is 9.29 Å². The Kier molecular flexibility index (Phi) is 6.36. The molecule has 0 bridgehead atoms. The molecule has 4 aromatic rings. The SMILES string of the molecule is COc1cc(C(=O)NS(=O)(=O)c2ccccc2C)ccc1Cc1cn(C)c2ccc(C(=O)O)cc12. The molecule has 4 rings (SSSR count).